The third kappa shape index (κ3) is 8.77. The lowest BCUT2D eigenvalue weighted by atomic mass is 9.89. The minimum absolute atomic E-state index is 0.0768. The Labute approximate surface area is 269 Å². The number of rotatable bonds is 14. The number of nitrogens with zero attached hydrogens (tertiary/aromatic N) is 2. The van der Waals surface area contributed by atoms with Crippen molar-refractivity contribution in [3.63, 3.8) is 0 Å². The first kappa shape index (κ1) is 36.5. The van der Waals surface area contributed by atoms with Gasteiger partial charge in [-0.1, -0.05) is 12.1 Å². The standard InChI is InChI=1S/C31H38F5N3O7S/c1-20-15-25(46-19-23(41)18-40)16-21(2)26(20)7-14-47(43,44)39-11-9-29(10-12-39)28(42)37-27(38-29)22-5-3-6-24(17-22)45-13-4-8-30(32,33)31(34,35)36/h3,5-6,15-17,23,40-41H,4,7-14,18-19H2,1-2H3,(H,37,38,42)/t23-/m1/s1. The quantitative estimate of drug-likeness (QED) is 0.203. The molecule has 0 unspecified atom stereocenters. The fraction of sp³-hybridized carbons (Fsp3) is 0.548. The zero-order valence-corrected chi connectivity index (χ0v) is 26.8. The average Bonchev–Trinajstić information content (AvgIpc) is 3.32. The number of ether oxygens (including phenoxy) is 2. The smallest absolute Gasteiger partial charge is 0.453 e. The Morgan fingerprint density at radius 1 is 1.04 bits per heavy atom. The number of carbonyl (C=O) groups is 1. The van der Waals surface area contributed by atoms with Crippen molar-refractivity contribution >= 4 is 21.8 Å². The number of aryl methyl sites for hydroxylation is 2. The van der Waals surface area contributed by atoms with Crippen molar-refractivity contribution in [2.45, 2.75) is 69.7 Å². The number of hydrogen-bond acceptors (Lipinski definition) is 8. The lowest BCUT2D eigenvalue weighted by molar-refractivity contribution is -0.284. The normalized spacial score (nSPS) is 17.8. The Morgan fingerprint density at radius 3 is 2.32 bits per heavy atom. The molecular weight excluding hydrogens is 653 g/mol. The van der Waals surface area contributed by atoms with Crippen molar-refractivity contribution in [2.75, 3.05) is 38.7 Å². The third-order valence-electron chi connectivity index (χ3n) is 8.28. The van der Waals surface area contributed by atoms with Crippen LogP contribution >= 0.6 is 0 Å². The SMILES string of the molecule is Cc1cc(OC[C@H](O)CO)cc(C)c1CCS(=O)(=O)N1CCC2(CC1)N=C(c1cccc(OCCCC(F)(F)C(F)(F)F)c1)NC2=O. The molecule has 10 nitrogen and oxygen atoms in total. The van der Waals surface area contributed by atoms with Gasteiger partial charge in [0.05, 0.1) is 19.0 Å². The Balaban J connectivity index is 1.33. The molecule has 260 valence electrons. The minimum Gasteiger partial charge on any atom is -0.494 e. The van der Waals surface area contributed by atoms with Crippen LogP contribution in [0.5, 0.6) is 11.5 Å². The number of hydrogen-bond donors (Lipinski definition) is 3. The van der Waals surface area contributed by atoms with E-state index >= 15 is 0 Å². The molecular formula is C31H38F5N3O7S. The summed E-state index contributed by atoms with van der Waals surface area (Å²) in [4.78, 5) is 17.7. The average molecular weight is 692 g/mol. The van der Waals surface area contributed by atoms with Gasteiger partial charge in [0.1, 0.15) is 35.6 Å². The molecule has 2 aromatic carbocycles. The summed E-state index contributed by atoms with van der Waals surface area (Å²) in [5.74, 6) is -4.41. The van der Waals surface area contributed by atoms with Gasteiger partial charge >= 0.3 is 12.1 Å². The van der Waals surface area contributed by atoms with E-state index < -0.39 is 53.2 Å². The van der Waals surface area contributed by atoms with E-state index in [0.717, 1.165) is 16.7 Å². The van der Waals surface area contributed by atoms with Crippen LogP contribution in [0.25, 0.3) is 0 Å². The highest BCUT2D eigenvalue weighted by Crippen LogP contribution is 2.39. The van der Waals surface area contributed by atoms with Crippen LogP contribution < -0.4 is 14.8 Å². The van der Waals surface area contributed by atoms with E-state index in [1.165, 1.54) is 16.4 Å². The first-order chi connectivity index (χ1) is 22.0. The van der Waals surface area contributed by atoms with Crippen LogP contribution in [0.1, 0.15) is 47.9 Å². The molecule has 16 heteroatoms. The van der Waals surface area contributed by atoms with Gasteiger partial charge in [0.25, 0.3) is 5.91 Å². The fourth-order valence-electron chi connectivity index (χ4n) is 5.52. The molecule has 0 saturated carbocycles. The van der Waals surface area contributed by atoms with Crippen LogP contribution in [-0.2, 0) is 21.2 Å². The molecule has 1 fully saturated rings. The summed E-state index contributed by atoms with van der Waals surface area (Å²) in [6.45, 7) is 2.95. The van der Waals surface area contributed by atoms with E-state index in [4.69, 9.17) is 14.6 Å². The molecule has 0 aliphatic carbocycles. The van der Waals surface area contributed by atoms with Gasteiger partial charge in [-0.15, -0.1) is 0 Å². The number of amidine groups is 1. The molecule has 2 aromatic rings. The molecule has 1 atom stereocenters. The van der Waals surface area contributed by atoms with Gasteiger partial charge in [0.15, 0.2) is 0 Å². The van der Waals surface area contributed by atoms with Crippen molar-refractivity contribution in [3.05, 3.63) is 58.7 Å². The number of benzene rings is 2. The van der Waals surface area contributed by atoms with Crippen LogP contribution in [0.4, 0.5) is 22.0 Å². The second-order valence-electron chi connectivity index (χ2n) is 11.8. The summed E-state index contributed by atoms with van der Waals surface area (Å²) >= 11 is 0. The topological polar surface area (TPSA) is 138 Å². The second-order valence-corrected chi connectivity index (χ2v) is 13.9. The van der Waals surface area contributed by atoms with Crippen molar-refractivity contribution in [1.82, 2.24) is 9.62 Å². The lowest BCUT2D eigenvalue weighted by Crippen LogP contribution is -2.50. The van der Waals surface area contributed by atoms with E-state index in [2.05, 4.69) is 10.3 Å². The van der Waals surface area contributed by atoms with Crippen molar-refractivity contribution in [1.29, 1.82) is 0 Å². The highest BCUT2D eigenvalue weighted by atomic mass is 32.2. The molecule has 1 amide bonds. The summed E-state index contributed by atoms with van der Waals surface area (Å²) in [7, 11) is -3.68. The Kier molecular flexibility index (Phi) is 11.2. The van der Waals surface area contributed by atoms with Crippen LogP contribution in [0, 0.1) is 13.8 Å². The molecule has 4 rings (SSSR count). The van der Waals surface area contributed by atoms with E-state index in [1.54, 1.807) is 24.3 Å². The number of halogens is 5. The summed E-state index contributed by atoms with van der Waals surface area (Å²) in [6, 6.07) is 9.68. The lowest BCUT2D eigenvalue weighted by Gasteiger charge is -2.34. The number of alkyl halides is 5. The number of nitrogens with one attached hydrogen (secondary N) is 1. The molecule has 0 radical (unpaired) electrons. The van der Waals surface area contributed by atoms with E-state index in [1.807, 2.05) is 13.8 Å². The van der Waals surface area contributed by atoms with Crippen molar-refractivity contribution < 1.29 is 54.9 Å². The zero-order valence-electron chi connectivity index (χ0n) is 25.9. The second kappa shape index (κ2) is 14.4. The van der Waals surface area contributed by atoms with Gasteiger partial charge < -0.3 is 25.0 Å². The molecule has 47 heavy (non-hydrogen) atoms. The van der Waals surface area contributed by atoms with Crippen molar-refractivity contribution in [2.24, 2.45) is 4.99 Å². The molecule has 1 spiro atoms. The van der Waals surface area contributed by atoms with E-state index in [9.17, 15) is 40.3 Å². The Morgan fingerprint density at radius 2 is 1.70 bits per heavy atom. The van der Waals surface area contributed by atoms with Gasteiger partial charge in [-0.05, 0) is 80.5 Å². The van der Waals surface area contributed by atoms with Crippen molar-refractivity contribution in [3.8, 4) is 11.5 Å². The van der Waals surface area contributed by atoms with Crippen LogP contribution in [0.15, 0.2) is 41.4 Å². The predicted octanol–water partition coefficient (Wildman–Crippen LogP) is 3.68. The van der Waals surface area contributed by atoms with Gasteiger partial charge in [0, 0.05) is 25.1 Å². The number of amides is 1. The largest absolute Gasteiger partial charge is 0.494 e. The molecule has 2 heterocycles. The first-order valence-electron chi connectivity index (χ1n) is 15.1. The summed E-state index contributed by atoms with van der Waals surface area (Å²) < 4.78 is 102. The number of sulfonamides is 1. The number of aliphatic hydroxyl groups excluding tert-OH is 2. The summed E-state index contributed by atoms with van der Waals surface area (Å²) in [5, 5.41) is 21.2. The predicted molar refractivity (Wildman–Crippen MR) is 162 cm³/mol. The first-order valence-corrected chi connectivity index (χ1v) is 16.7. The highest BCUT2D eigenvalue weighted by Gasteiger charge is 2.56. The van der Waals surface area contributed by atoms with Crippen LogP contribution in [0.2, 0.25) is 0 Å². The number of carbonyl (C=O) groups excluding carboxylic acids is 1. The van der Waals surface area contributed by atoms with Crippen LogP contribution in [0.3, 0.4) is 0 Å². The molecule has 1 saturated heterocycles. The van der Waals surface area contributed by atoms with Crippen LogP contribution in [-0.4, -0.2) is 97.1 Å². The minimum atomic E-state index is -5.63. The van der Waals surface area contributed by atoms with Gasteiger partial charge in [-0.25, -0.2) is 12.7 Å². The maximum absolute atomic E-state index is 13.3. The molecule has 0 bridgehead atoms. The molecule has 2 aliphatic heterocycles. The summed E-state index contributed by atoms with van der Waals surface area (Å²) in [5.41, 5.74) is 1.78. The number of aliphatic hydroxyl groups is 2. The number of aliphatic imine (C=N–C) groups is 1. The highest BCUT2D eigenvalue weighted by molar-refractivity contribution is 7.89. The maximum Gasteiger partial charge on any atom is 0.453 e. The summed E-state index contributed by atoms with van der Waals surface area (Å²) in [6.07, 6.45) is -8.02. The van der Waals surface area contributed by atoms with E-state index in [-0.39, 0.29) is 68.8 Å². The van der Waals surface area contributed by atoms with Gasteiger partial charge in [-0.2, -0.15) is 22.0 Å². The third-order valence-corrected chi connectivity index (χ3v) is 10.2. The molecule has 3 N–H and O–H groups in total. The Hall–Kier alpha value is -3.34. The Bertz CT molecular complexity index is 1550. The number of piperidine rings is 1. The zero-order chi connectivity index (χ0) is 34.6. The molecule has 2 aliphatic rings. The monoisotopic (exact) mass is 691 g/mol. The maximum atomic E-state index is 13.3. The van der Waals surface area contributed by atoms with Gasteiger partial charge in [-0.3, -0.25) is 9.79 Å². The van der Waals surface area contributed by atoms with E-state index in [0.29, 0.717) is 11.3 Å². The molecule has 0 aromatic heterocycles. The van der Waals surface area contributed by atoms with Gasteiger partial charge in [0.2, 0.25) is 10.0 Å². The fourth-order valence-corrected chi connectivity index (χ4v) is 6.98.